The Morgan fingerprint density at radius 2 is 1.00 bits per heavy atom. The van der Waals surface area contributed by atoms with Crippen molar-refractivity contribution in [3.8, 4) is 39.9 Å². The van der Waals surface area contributed by atoms with Gasteiger partial charge in [0, 0.05) is 69.7 Å². The quantitative estimate of drug-likeness (QED) is 0.177. The summed E-state index contributed by atoms with van der Waals surface area (Å²) in [5.41, 5.74) is 8.85. The number of nitrogens with zero attached hydrogens (tertiary/aromatic N) is 4. The molecule has 0 atom stereocenters. The summed E-state index contributed by atoms with van der Waals surface area (Å²) < 4.78 is 18.1. The van der Waals surface area contributed by atoms with Crippen LogP contribution in [0.2, 0.25) is 0 Å². The number of hydrogen-bond donors (Lipinski definition) is 0. The summed E-state index contributed by atoms with van der Waals surface area (Å²) in [6.07, 6.45) is 0. The number of benzene rings is 9. The van der Waals surface area contributed by atoms with E-state index in [9.17, 15) is 0 Å². The Kier molecular flexibility index (Phi) is 6.89. The second kappa shape index (κ2) is 12.7. The maximum atomic E-state index is 6.76. The summed E-state index contributed by atoms with van der Waals surface area (Å²) in [6, 6.07) is 63.8. The van der Waals surface area contributed by atoms with Gasteiger partial charge in [0.15, 0.2) is 17.5 Å². The molecule has 5 aromatic heterocycles. The molecule has 0 fully saturated rings. The Morgan fingerprint density at radius 1 is 0.387 bits per heavy atom. The van der Waals surface area contributed by atoms with E-state index in [-0.39, 0.29) is 0 Å². The van der Waals surface area contributed by atoms with E-state index < -0.39 is 0 Å². The Labute approximate surface area is 356 Å². The molecular formula is C55H30N4O2S. The average molecular weight is 811 g/mol. The van der Waals surface area contributed by atoms with E-state index in [0.29, 0.717) is 17.5 Å². The Bertz CT molecular complexity index is 4060. The highest BCUT2D eigenvalue weighted by molar-refractivity contribution is 7.26. The van der Waals surface area contributed by atoms with Crippen LogP contribution in [0.3, 0.4) is 0 Å². The SMILES string of the molecule is c1ccc2cc3c(cc2c1)c1ccccc1n3-c1cc(-c2nc(-c3cccc4c3oc3ccccc34)nc(-c3cccc4c3sc3ccccc34)n2)c2c(c1)oc1ccccc12. The topological polar surface area (TPSA) is 69.9 Å². The number of aromatic nitrogens is 4. The lowest BCUT2D eigenvalue weighted by Gasteiger charge is -2.13. The van der Waals surface area contributed by atoms with Crippen molar-refractivity contribution in [2.75, 3.05) is 0 Å². The van der Waals surface area contributed by atoms with Gasteiger partial charge >= 0.3 is 0 Å². The molecule has 7 heteroatoms. The zero-order valence-electron chi connectivity index (χ0n) is 32.8. The first-order chi connectivity index (χ1) is 30.7. The first-order valence-corrected chi connectivity index (χ1v) is 21.5. The molecule has 0 saturated heterocycles. The van der Waals surface area contributed by atoms with Gasteiger partial charge in [0.25, 0.3) is 0 Å². The van der Waals surface area contributed by atoms with Crippen LogP contribution in [0.5, 0.6) is 0 Å². The molecule has 62 heavy (non-hydrogen) atoms. The summed E-state index contributed by atoms with van der Waals surface area (Å²) >= 11 is 1.76. The molecule has 0 N–H and O–H groups in total. The largest absolute Gasteiger partial charge is 0.456 e. The third kappa shape index (κ3) is 4.82. The maximum Gasteiger partial charge on any atom is 0.167 e. The molecule has 14 rings (SSSR count). The number of thiophene rings is 1. The molecule has 0 saturated carbocycles. The summed E-state index contributed by atoms with van der Waals surface area (Å²) in [5.74, 6) is 1.66. The van der Waals surface area contributed by atoms with Crippen molar-refractivity contribution in [3.05, 3.63) is 182 Å². The number of furan rings is 2. The van der Waals surface area contributed by atoms with E-state index in [4.69, 9.17) is 23.8 Å². The van der Waals surface area contributed by atoms with Crippen molar-refractivity contribution >= 4 is 108 Å². The van der Waals surface area contributed by atoms with Gasteiger partial charge in [0.2, 0.25) is 0 Å². The molecule has 0 bridgehead atoms. The average Bonchev–Trinajstić information content (AvgIpc) is 4.09. The van der Waals surface area contributed by atoms with Crippen molar-refractivity contribution < 1.29 is 8.83 Å². The zero-order valence-corrected chi connectivity index (χ0v) is 33.7. The fourth-order valence-corrected chi connectivity index (χ4v) is 10.9. The van der Waals surface area contributed by atoms with Crippen LogP contribution in [0.25, 0.3) is 136 Å². The monoisotopic (exact) mass is 810 g/mol. The molecule has 0 unspecified atom stereocenters. The third-order valence-electron chi connectivity index (χ3n) is 12.4. The maximum absolute atomic E-state index is 6.76. The van der Waals surface area contributed by atoms with Gasteiger partial charge in [0.05, 0.1) is 22.3 Å². The smallest absolute Gasteiger partial charge is 0.167 e. The first kappa shape index (κ1) is 33.7. The molecule has 0 aliphatic heterocycles. The van der Waals surface area contributed by atoms with E-state index in [1.807, 2.05) is 30.3 Å². The zero-order chi connectivity index (χ0) is 40.5. The molecule has 6 nitrogen and oxygen atoms in total. The van der Waals surface area contributed by atoms with Crippen LogP contribution in [0.1, 0.15) is 0 Å². The second-order valence-electron chi connectivity index (χ2n) is 15.9. The Balaban J connectivity index is 1.10. The highest BCUT2D eigenvalue weighted by Gasteiger charge is 2.24. The van der Waals surface area contributed by atoms with E-state index in [1.54, 1.807) is 11.3 Å². The molecule has 5 heterocycles. The van der Waals surface area contributed by atoms with Gasteiger partial charge in [-0.05, 0) is 65.4 Å². The number of fused-ring (bicyclic) bond motifs is 13. The standard InChI is InChI=1S/C55H30N4O2S/c1-2-14-32-28-45-42(27-31(32)13-1)34-15-3-7-23-44(34)59(45)33-29-43(50-39-18-5-9-25-47(39)60-48(50)30-33)55-57-53(40-21-11-19-37-35-16-4-8-24-46(35)61-51(37)40)56-54(58-55)41-22-12-20-38-36-17-6-10-26-49(36)62-52(38)41/h1-30H. The summed E-state index contributed by atoms with van der Waals surface area (Å²) in [4.78, 5) is 16.3. The predicted molar refractivity (Wildman–Crippen MR) is 255 cm³/mol. The Hall–Kier alpha value is -8.13. The first-order valence-electron chi connectivity index (χ1n) is 20.7. The van der Waals surface area contributed by atoms with E-state index in [2.05, 4.69) is 156 Å². The fourth-order valence-electron chi connectivity index (χ4n) is 9.66. The fraction of sp³-hybridized carbons (Fsp3) is 0. The van der Waals surface area contributed by atoms with E-state index in [0.717, 1.165) is 82.0 Å². The molecule has 0 spiro atoms. The van der Waals surface area contributed by atoms with Crippen molar-refractivity contribution in [2.24, 2.45) is 0 Å². The molecule has 0 aliphatic carbocycles. The van der Waals surface area contributed by atoms with Crippen molar-refractivity contribution in [1.82, 2.24) is 19.5 Å². The van der Waals surface area contributed by atoms with Crippen molar-refractivity contribution in [1.29, 1.82) is 0 Å². The molecule has 0 amide bonds. The highest BCUT2D eigenvalue weighted by Crippen LogP contribution is 2.44. The van der Waals surface area contributed by atoms with Crippen LogP contribution in [-0.2, 0) is 0 Å². The van der Waals surface area contributed by atoms with Gasteiger partial charge in [0.1, 0.15) is 22.3 Å². The molecule has 288 valence electrons. The van der Waals surface area contributed by atoms with Gasteiger partial charge in [-0.25, -0.2) is 15.0 Å². The third-order valence-corrected chi connectivity index (χ3v) is 13.6. The van der Waals surface area contributed by atoms with Crippen LogP contribution in [0, 0.1) is 0 Å². The highest BCUT2D eigenvalue weighted by atomic mass is 32.1. The van der Waals surface area contributed by atoms with Gasteiger partial charge in [-0.3, -0.25) is 0 Å². The van der Waals surface area contributed by atoms with Crippen LogP contribution >= 0.6 is 11.3 Å². The molecular weight excluding hydrogens is 781 g/mol. The summed E-state index contributed by atoms with van der Waals surface area (Å²) in [6.45, 7) is 0. The lowest BCUT2D eigenvalue weighted by Crippen LogP contribution is -2.02. The van der Waals surface area contributed by atoms with Gasteiger partial charge in [-0.15, -0.1) is 11.3 Å². The lowest BCUT2D eigenvalue weighted by molar-refractivity contribution is 0.668. The van der Waals surface area contributed by atoms with Crippen molar-refractivity contribution in [2.45, 2.75) is 0 Å². The summed E-state index contributed by atoms with van der Waals surface area (Å²) in [7, 11) is 0. The summed E-state index contributed by atoms with van der Waals surface area (Å²) in [5, 5.41) is 11.1. The second-order valence-corrected chi connectivity index (χ2v) is 17.0. The van der Waals surface area contributed by atoms with Crippen LogP contribution in [-0.4, -0.2) is 19.5 Å². The minimum Gasteiger partial charge on any atom is -0.456 e. The molecule has 0 aliphatic rings. The van der Waals surface area contributed by atoms with E-state index >= 15 is 0 Å². The van der Waals surface area contributed by atoms with Crippen molar-refractivity contribution in [3.63, 3.8) is 0 Å². The van der Waals surface area contributed by atoms with Crippen LogP contribution in [0.15, 0.2) is 191 Å². The molecule has 0 radical (unpaired) electrons. The Morgan fingerprint density at radius 3 is 1.84 bits per heavy atom. The lowest BCUT2D eigenvalue weighted by atomic mass is 10.0. The minimum absolute atomic E-state index is 0.530. The van der Waals surface area contributed by atoms with Gasteiger partial charge in [-0.1, -0.05) is 121 Å². The minimum atomic E-state index is 0.530. The predicted octanol–water partition coefficient (Wildman–Crippen LogP) is 15.3. The molecule has 9 aromatic carbocycles. The van der Waals surface area contributed by atoms with Crippen LogP contribution in [0.4, 0.5) is 0 Å². The van der Waals surface area contributed by atoms with Gasteiger partial charge in [-0.2, -0.15) is 0 Å². The number of para-hydroxylation sites is 4. The molecule has 14 aromatic rings. The van der Waals surface area contributed by atoms with Gasteiger partial charge < -0.3 is 13.4 Å². The number of hydrogen-bond acceptors (Lipinski definition) is 6. The van der Waals surface area contributed by atoms with Crippen LogP contribution < -0.4 is 0 Å². The van der Waals surface area contributed by atoms with E-state index in [1.165, 1.54) is 37.0 Å². The normalized spacial score (nSPS) is 12.2. The number of rotatable bonds is 4.